The van der Waals surface area contributed by atoms with E-state index in [2.05, 4.69) is 15.2 Å². The van der Waals surface area contributed by atoms with E-state index in [0.717, 1.165) is 35.4 Å². The van der Waals surface area contributed by atoms with Gasteiger partial charge >= 0.3 is 0 Å². The van der Waals surface area contributed by atoms with Crippen molar-refractivity contribution in [1.29, 1.82) is 0 Å². The molecule has 1 amide bonds. The number of nitrogens with zero attached hydrogens (tertiary/aromatic N) is 1. The number of benzene rings is 2. The molecule has 3 aromatic rings. The van der Waals surface area contributed by atoms with Crippen molar-refractivity contribution >= 4 is 34.2 Å². The van der Waals surface area contributed by atoms with Gasteiger partial charge in [-0.2, -0.15) is 0 Å². The summed E-state index contributed by atoms with van der Waals surface area (Å²) in [5.74, 6) is 0.846. The van der Waals surface area contributed by atoms with E-state index in [-0.39, 0.29) is 5.91 Å². The first kappa shape index (κ1) is 17.8. The van der Waals surface area contributed by atoms with E-state index < -0.39 is 0 Å². The number of nitrogens with one attached hydrogen (secondary N) is 2. The van der Waals surface area contributed by atoms with Gasteiger partial charge in [0.25, 0.3) is 11.7 Å². The third kappa shape index (κ3) is 4.04. The number of amides is 1. The second-order valence-electron chi connectivity index (χ2n) is 6.52. The Balaban J connectivity index is 1.62. The highest BCUT2D eigenvalue weighted by atomic mass is 35.5. The maximum absolute atomic E-state index is 12.9. The number of hydrogen-bond donors (Lipinski definition) is 1. The summed E-state index contributed by atoms with van der Waals surface area (Å²) in [7, 11) is 0. The van der Waals surface area contributed by atoms with Gasteiger partial charge in [-0.05, 0) is 29.8 Å². The van der Waals surface area contributed by atoms with Crippen LogP contribution in [0, 0.1) is 0 Å². The minimum Gasteiger partial charge on any atom is -0.373 e. The molecule has 2 N–H and O–H groups in total. The smallest absolute Gasteiger partial charge is 0.275 e. The van der Waals surface area contributed by atoms with Gasteiger partial charge in [-0.25, -0.2) is 4.98 Å². The number of H-pyrrole nitrogens is 1. The molecule has 4 rings (SSSR count). The molecule has 0 radical (unpaired) electrons. The average Bonchev–Trinajstić information content (AvgIpc) is 2.73. The van der Waals surface area contributed by atoms with Crippen molar-refractivity contribution < 1.29 is 14.5 Å². The molecule has 0 unspecified atom stereocenters. The number of ether oxygens (including phenoxy) is 1. The lowest BCUT2D eigenvalue weighted by atomic mass is 10.1. The number of aromatic nitrogens is 1. The molecule has 5 nitrogen and oxygen atoms in total. The van der Waals surface area contributed by atoms with Crippen LogP contribution < -0.4 is 15.2 Å². The van der Waals surface area contributed by atoms with Gasteiger partial charge in [0.05, 0.1) is 18.8 Å². The number of anilines is 1. The standard InChI is InChI=1S/C21H20ClN3O2/c22-16-7-5-15(6-8-16)14-23-21(26)18-13-20(25-9-11-27-12-10-25)24-19-4-2-1-3-17(18)19/h1-8,13H,9-12,14H2,(H,23,26)/p+1. The first-order valence-corrected chi connectivity index (χ1v) is 9.39. The summed E-state index contributed by atoms with van der Waals surface area (Å²) in [6.45, 7) is 3.45. The van der Waals surface area contributed by atoms with E-state index in [9.17, 15) is 4.79 Å². The number of halogens is 1. The van der Waals surface area contributed by atoms with E-state index >= 15 is 0 Å². The number of hydrogen-bond acceptors (Lipinski definition) is 3. The minimum absolute atomic E-state index is 0.0929. The quantitative estimate of drug-likeness (QED) is 0.754. The summed E-state index contributed by atoms with van der Waals surface area (Å²) in [6, 6.07) is 17.3. The van der Waals surface area contributed by atoms with Gasteiger partial charge in [0.2, 0.25) is 0 Å². The molecule has 27 heavy (non-hydrogen) atoms. The topological polar surface area (TPSA) is 55.7 Å². The second-order valence-corrected chi connectivity index (χ2v) is 6.96. The molecule has 1 aliphatic rings. The van der Waals surface area contributed by atoms with Gasteiger partial charge in [-0.3, -0.25) is 9.69 Å². The van der Waals surface area contributed by atoms with Crippen LogP contribution in [0.25, 0.3) is 10.9 Å². The van der Waals surface area contributed by atoms with Crippen molar-refractivity contribution in [1.82, 2.24) is 5.32 Å². The van der Waals surface area contributed by atoms with Crippen molar-refractivity contribution in [3.63, 3.8) is 0 Å². The fourth-order valence-electron chi connectivity index (χ4n) is 3.26. The fourth-order valence-corrected chi connectivity index (χ4v) is 3.38. The molecule has 138 valence electrons. The van der Waals surface area contributed by atoms with Crippen LogP contribution in [-0.2, 0) is 11.3 Å². The molecule has 1 aromatic heterocycles. The summed E-state index contributed by atoms with van der Waals surface area (Å²) < 4.78 is 5.44. The number of para-hydroxylation sites is 1. The maximum Gasteiger partial charge on any atom is 0.275 e. The summed E-state index contributed by atoms with van der Waals surface area (Å²) in [5.41, 5.74) is 2.62. The Morgan fingerprint density at radius 3 is 2.63 bits per heavy atom. The molecule has 0 spiro atoms. The lowest BCUT2D eigenvalue weighted by molar-refractivity contribution is -0.331. The van der Waals surface area contributed by atoms with Crippen LogP contribution in [0.2, 0.25) is 5.02 Å². The number of carbonyl (C=O) groups is 1. The predicted molar refractivity (Wildman–Crippen MR) is 106 cm³/mol. The van der Waals surface area contributed by atoms with Crippen LogP contribution >= 0.6 is 11.6 Å². The van der Waals surface area contributed by atoms with E-state index in [1.807, 2.05) is 54.6 Å². The number of fused-ring (bicyclic) bond motifs is 1. The van der Waals surface area contributed by atoms with Gasteiger partial charge in [0.15, 0.2) is 0 Å². The van der Waals surface area contributed by atoms with Gasteiger partial charge in [-0.1, -0.05) is 35.9 Å². The lowest BCUT2D eigenvalue weighted by Crippen LogP contribution is -2.39. The summed E-state index contributed by atoms with van der Waals surface area (Å²) >= 11 is 5.92. The molecular formula is C21H21ClN3O2+. The number of rotatable bonds is 4. The summed E-state index contributed by atoms with van der Waals surface area (Å²) in [6.07, 6.45) is 0. The van der Waals surface area contributed by atoms with Crippen molar-refractivity contribution in [2.24, 2.45) is 0 Å². The zero-order chi connectivity index (χ0) is 18.6. The van der Waals surface area contributed by atoms with E-state index in [0.29, 0.717) is 30.3 Å². The van der Waals surface area contributed by atoms with E-state index in [4.69, 9.17) is 16.3 Å². The molecule has 0 saturated carbocycles. The maximum atomic E-state index is 12.9. The predicted octanol–water partition coefficient (Wildman–Crippen LogP) is 3.07. The normalized spacial score (nSPS) is 14.3. The molecule has 2 aromatic carbocycles. The first-order chi connectivity index (χ1) is 13.2. The number of morpholine rings is 1. The van der Waals surface area contributed by atoms with E-state index in [1.54, 1.807) is 0 Å². The van der Waals surface area contributed by atoms with E-state index in [1.165, 1.54) is 0 Å². The third-order valence-electron chi connectivity index (χ3n) is 4.72. The van der Waals surface area contributed by atoms with Crippen LogP contribution in [-0.4, -0.2) is 32.2 Å². The molecule has 6 heteroatoms. The zero-order valence-corrected chi connectivity index (χ0v) is 15.6. The Morgan fingerprint density at radius 2 is 1.85 bits per heavy atom. The van der Waals surface area contributed by atoms with Gasteiger partial charge < -0.3 is 10.1 Å². The van der Waals surface area contributed by atoms with Crippen molar-refractivity contribution in [2.75, 3.05) is 31.2 Å². The average molecular weight is 383 g/mol. The molecular weight excluding hydrogens is 362 g/mol. The Hall–Kier alpha value is -2.63. The number of pyridine rings is 1. The summed E-state index contributed by atoms with van der Waals surface area (Å²) in [4.78, 5) is 18.6. The fraction of sp³-hybridized carbons (Fsp3) is 0.238. The SMILES string of the molecule is O=C(NCc1ccc(Cl)cc1)c1cc(N2CCOCC2)[nH+]c2ccccc12. The molecule has 0 atom stereocenters. The zero-order valence-electron chi connectivity index (χ0n) is 14.9. The number of aromatic amines is 1. The van der Waals surface area contributed by atoms with Crippen LogP contribution in [0.4, 0.5) is 5.82 Å². The monoisotopic (exact) mass is 382 g/mol. The molecule has 1 aliphatic heterocycles. The Morgan fingerprint density at radius 1 is 1.11 bits per heavy atom. The van der Waals surface area contributed by atoms with Crippen molar-refractivity contribution in [2.45, 2.75) is 6.54 Å². The highest BCUT2D eigenvalue weighted by Gasteiger charge is 2.23. The third-order valence-corrected chi connectivity index (χ3v) is 4.98. The Kier molecular flexibility index (Phi) is 5.23. The van der Waals surface area contributed by atoms with Gasteiger partial charge in [-0.15, -0.1) is 0 Å². The second kappa shape index (κ2) is 7.94. The highest BCUT2D eigenvalue weighted by molar-refractivity contribution is 6.30. The highest BCUT2D eigenvalue weighted by Crippen LogP contribution is 2.20. The van der Waals surface area contributed by atoms with Crippen LogP contribution in [0.3, 0.4) is 0 Å². The van der Waals surface area contributed by atoms with Crippen molar-refractivity contribution in [3.8, 4) is 0 Å². The van der Waals surface area contributed by atoms with Crippen LogP contribution in [0.15, 0.2) is 54.6 Å². The molecule has 1 fully saturated rings. The molecule has 1 saturated heterocycles. The van der Waals surface area contributed by atoms with Crippen LogP contribution in [0.1, 0.15) is 15.9 Å². The van der Waals surface area contributed by atoms with Crippen LogP contribution in [0.5, 0.6) is 0 Å². The Labute approximate surface area is 162 Å². The lowest BCUT2D eigenvalue weighted by Gasteiger charge is -2.22. The largest absolute Gasteiger partial charge is 0.373 e. The molecule has 2 heterocycles. The Bertz CT molecular complexity index is 953. The number of carbonyl (C=O) groups excluding carboxylic acids is 1. The molecule has 0 aliphatic carbocycles. The summed E-state index contributed by atoms with van der Waals surface area (Å²) in [5, 5.41) is 4.61. The van der Waals surface area contributed by atoms with Gasteiger partial charge in [0.1, 0.15) is 18.6 Å². The van der Waals surface area contributed by atoms with Crippen molar-refractivity contribution in [3.05, 3.63) is 70.7 Å². The minimum atomic E-state index is -0.0929. The first-order valence-electron chi connectivity index (χ1n) is 9.01. The molecule has 0 bridgehead atoms. The van der Waals surface area contributed by atoms with Gasteiger partial charge in [0, 0.05) is 23.0 Å².